The van der Waals surface area contributed by atoms with Crippen LogP contribution in [0.3, 0.4) is 0 Å². The zero-order valence-electron chi connectivity index (χ0n) is 19.4. The Morgan fingerprint density at radius 2 is 1.39 bits per heavy atom. The van der Waals surface area contributed by atoms with Gasteiger partial charge in [0.15, 0.2) is 5.82 Å². The lowest BCUT2D eigenvalue weighted by molar-refractivity contribution is -0.0696. The summed E-state index contributed by atoms with van der Waals surface area (Å²) in [5, 5.41) is 1.32. The lowest BCUT2D eigenvalue weighted by atomic mass is 9.79. The van der Waals surface area contributed by atoms with E-state index in [0.29, 0.717) is 17.0 Å². The van der Waals surface area contributed by atoms with E-state index in [9.17, 15) is 26.3 Å². The van der Waals surface area contributed by atoms with E-state index in [1.807, 2.05) is 24.3 Å². The van der Waals surface area contributed by atoms with E-state index in [-0.39, 0.29) is 5.39 Å². The van der Waals surface area contributed by atoms with Crippen molar-refractivity contribution in [3.05, 3.63) is 83.2 Å². The van der Waals surface area contributed by atoms with E-state index in [2.05, 4.69) is 19.1 Å². The van der Waals surface area contributed by atoms with Gasteiger partial charge in [-0.1, -0.05) is 56.0 Å². The second kappa shape index (κ2) is 9.20. The molecular weight excluding hydrogens is 474 g/mol. The quantitative estimate of drug-likeness (QED) is 0.192. The van der Waals surface area contributed by atoms with Gasteiger partial charge in [-0.15, -0.1) is 0 Å². The van der Waals surface area contributed by atoms with E-state index in [1.54, 1.807) is 0 Å². The first kappa shape index (κ1) is 24.2. The van der Waals surface area contributed by atoms with Gasteiger partial charge in [0.2, 0.25) is 0 Å². The van der Waals surface area contributed by atoms with Crippen molar-refractivity contribution < 1.29 is 26.3 Å². The Kier molecular flexibility index (Phi) is 6.20. The molecule has 0 spiro atoms. The molecule has 0 amide bonds. The van der Waals surface area contributed by atoms with E-state index >= 15 is 0 Å². The lowest BCUT2D eigenvalue weighted by Crippen LogP contribution is -2.10. The maximum atomic E-state index is 14.9. The molecular formula is C30H22F6. The summed E-state index contributed by atoms with van der Waals surface area (Å²) in [6.07, 6.45) is -0.114. The zero-order valence-corrected chi connectivity index (χ0v) is 19.4. The molecule has 6 heteroatoms. The van der Waals surface area contributed by atoms with Crippen LogP contribution in [-0.2, 0) is 0 Å². The van der Waals surface area contributed by atoms with Gasteiger partial charge in [-0.2, -0.15) is 13.2 Å². The average molecular weight is 496 g/mol. The molecule has 184 valence electrons. The van der Waals surface area contributed by atoms with Crippen LogP contribution in [0.5, 0.6) is 0 Å². The monoisotopic (exact) mass is 496 g/mol. The summed E-state index contributed by atoms with van der Waals surface area (Å²) in [5.74, 6) is -0.133. The van der Waals surface area contributed by atoms with E-state index < -0.39 is 34.6 Å². The van der Waals surface area contributed by atoms with Crippen LogP contribution in [-0.4, -0.2) is 6.18 Å². The molecule has 0 aliphatic heterocycles. The number of rotatable bonds is 2. The van der Waals surface area contributed by atoms with Gasteiger partial charge >= 0.3 is 6.18 Å². The number of halogens is 6. The number of hydrogen-bond donors (Lipinski definition) is 0. The molecule has 1 saturated carbocycles. The maximum Gasteiger partial charge on any atom is 0.458 e. The molecule has 0 unspecified atom stereocenters. The van der Waals surface area contributed by atoms with Crippen molar-refractivity contribution >= 4 is 21.5 Å². The van der Waals surface area contributed by atoms with E-state index in [0.717, 1.165) is 34.7 Å². The Morgan fingerprint density at radius 1 is 0.722 bits per heavy atom. The Labute approximate surface area is 204 Å². The van der Waals surface area contributed by atoms with Crippen LogP contribution in [0.25, 0.3) is 32.7 Å². The van der Waals surface area contributed by atoms with E-state index in [4.69, 9.17) is 0 Å². The fourth-order valence-electron chi connectivity index (χ4n) is 5.12. The Hall–Kier alpha value is -3.46. The molecule has 0 atom stereocenters. The summed E-state index contributed by atoms with van der Waals surface area (Å²) in [4.78, 5) is 0. The maximum absolute atomic E-state index is 14.9. The molecule has 5 rings (SSSR count). The van der Waals surface area contributed by atoms with Crippen LogP contribution in [0.2, 0.25) is 0 Å². The summed E-state index contributed by atoms with van der Waals surface area (Å²) in [6, 6.07) is 15.3. The first-order valence-corrected chi connectivity index (χ1v) is 11.8. The predicted molar refractivity (Wildman–Crippen MR) is 130 cm³/mol. The zero-order chi connectivity index (χ0) is 25.6. The van der Waals surface area contributed by atoms with Crippen molar-refractivity contribution in [2.45, 2.75) is 44.7 Å². The molecule has 1 aliphatic rings. The third-order valence-electron chi connectivity index (χ3n) is 7.09. The minimum atomic E-state index is -4.93. The Bertz CT molecular complexity index is 1530. The normalized spacial score (nSPS) is 18.3. The second-order valence-corrected chi connectivity index (χ2v) is 9.63. The van der Waals surface area contributed by atoms with Gasteiger partial charge in [-0.05, 0) is 81.8 Å². The molecule has 0 N–H and O–H groups in total. The largest absolute Gasteiger partial charge is 0.458 e. The van der Waals surface area contributed by atoms with Crippen molar-refractivity contribution in [3.63, 3.8) is 0 Å². The second-order valence-electron chi connectivity index (χ2n) is 9.63. The van der Waals surface area contributed by atoms with Gasteiger partial charge in [0, 0.05) is 5.92 Å². The van der Waals surface area contributed by atoms with Gasteiger partial charge in [-0.25, -0.2) is 13.2 Å². The van der Waals surface area contributed by atoms with Crippen molar-refractivity contribution in [1.82, 2.24) is 0 Å². The fourth-order valence-corrected chi connectivity index (χ4v) is 5.12. The topological polar surface area (TPSA) is 0 Å². The first-order chi connectivity index (χ1) is 17.1. The first-order valence-electron chi connectivity index (χ1n) is 11.8. The Morgan fingerprint density at radius 3 is 2.11 bits per heavy atom. The van der Waals surface area contributed by atoms with Gasteiger partial charge in [0.1, 0.15) is 11.6 Å². The molecule has 0 saturated heterocycles. The smallest absolute Gasteiger partial charge is 0.206 e. The Balaban J connectivity index is 1.52. The van der Waals surface area contributed by atoms with Crippen molar-refractivity contribution in [2.24, 2.45) is 5.92 Å². The molecule has 0 heterocycles. The summed E-state index contributed by atoms with van der Waals surface area (Å²) >= 11 is 0. The molecule has 0 radical (unpaired) electrons. The molecule has 1 fully saturated rings. The highest BCUT2D eigenvalue weighted by atomic mass is 19.4. The summed E-state index contributed by atoms with van der Waals surface area (Å²) < 4.78 is 81.3. The molecule has 1 aliphatic carbocycles. The van der Waals surface area contributed by atoms with Crippen LogP contribution in [0.4, 0.5) is 26.3 Å². The van der Waals surface area contributed by atoms with Gasteiger partial charge in [0.25, 0.3) is 0 Å². The number of benzene rings is 4. The van der Waals surface area contributed by atoms with Crippen molar-refractivity contribution in [2.75, 3.05) is 0 Å². The lowest BCUT2D eigenvalue weighted by Gasteiger charge is -2.26. The van der Waals surface area contributed by atoms with Gasteiger partial charge in [0.05, 0.1) is 10.9 Å². The van der Waals surface area contributed by atoms with E-state index in [1.165, 1.54) is 43.2 Å². The minimum Gasteiger partial charge on any atom is -0.206 e. The van der Waals surface area contributed by atoms with Crippen LogP contribution >= 0.6 is 0 Å². The number of fused-ring (bicyclic) bond motifs is 2. The summed E-state index contributed by atoms with van der Waals surface area (Å²) in [6.45, 7) is 2.29. The molecule has 36 heavy (non-hydrogen) atoms. The van der Waals surface area contributed by atoms with Crippen LogP contribution in [0.15, 0.2) is 54.6 Å². The van der Waals surface area contributed by atoms with Crippen molar-refractivity contribution in [1.29, 1.82) is 0 Å². The highest BCUT2D eigenvalue weighted by Crippen LogP contribution is 2.37. The highest BCUT2D eigenvalue weighted by Gasteiger charge is 2.24. The third kappa shape index (κ3) is 4.80. The average Bonchev–Trinajstić information content (AvgIpc) is 2.82. The molecule has 4 aromatic carbocycles. The summed E-state index contributed by atoms with van der Waals surface area (Å²) in [7, 11) is 0. The minimum absolute atomic E-state index is 0.0977. The predicted octanol–water partition coefficient (Wildman–Crippen LogP) is 9.28. The number of alkyl halides is 3. The number of hydrogen-bond acceptors (Lipinski definition) is 0. The standard InChI is InChI=1S/C30H22F6/c1-17-2-4-18(5-3-17)19-6-7-21-13-22(9-8-20(21)12-19)23-14-24-16-26(31)25(10-11-30(34,35)36)29(33)28(24)27(32)15-23/h6-9,12-18H,2-5H2,1H3. The van der Waals surface area contributed by atoms with Crippen LogP contribution < -0.4 is 0 Å². The highest BCUT2D eigenvalue weighted by molar-refractivity contribution is 5.92. The van der Waals surface area contributed by atoms with Gasteiger partial charge < -0.3 is 0 Å². The summed E-state index contributed by atoms with van der Waals surface area (Å²) in [5.41, 5.74) is 1.26. The molecule has 4 aromatic rings. The van der Waals surface area contributed by atoms with Gasteiger partial charge in [-0.3, -0.25) is 0 Å². The van der Waals surface area contributed by atoms with Crippen LogP contribution in [0, 0.1) is 35.2 Å². The molecule has 0 nitrogen and oxygen atoms in total. The fraction of sp³-hybridized carbons (Fsp3) is 0.267. The third-order valence-corrected chi connectivity index (χ3v) is 7.09. The molecule has 0 aromatic heterocycles. The SMILES string of the molecule is CC1CCC(c2ccc3cc(-c4cc(F)c5c(F)c(C#CC(F)(F)F)c(F)cc5c4)ccc3c2)CC1. The van der Waals surface area contributed by atoms with Crippen molar-refractivity contribution in [3.8, 4) is 23.0 Å². The van der Waals surface area contributed by atoms with Crippen LogP contribution in [0.1, 0.15) is 49.7 Å². The molecule has 0 bridgehead atoms.